The molecule has 1 aromatic rings. The van der Waals surface area contributed by atoms with Crippen LogP contribution >= 0.6 is 15.9 Å². The van der Waals surface area contributed by atoms with Gasteiger partial charge in [-0.1, -0.05) is 0 Å². The molecule has 1 saturated carbocycles. The Morgan fingerprint density at radius 1 is 1.56 bits per heavy atom. The molecule has 0 unspecified atom stereocenters. The molecule has 18 heavy (non-hydrogen) atoms. The van der Waals surface area contributed by atoms with Crippen LogP contribution in [0.2, 0.25) is 0 Å². The lowest BCUT2D eigenvalue weighted by Gasteiger charge is -2.40. The van der Waals surface area contributed by atoms with Crippen molar-refractivity contribution in [3.05, 3.63) is 28.2 Å². The summed E-state index contributed by atoms with van der Waals surface area (Å²) in [5.74, 6) is -0.131. The first-order valence-corrected chi connectivity index (χ1v) is 6.67. The van der Waals surface area contributed by atoms with Gasteiger partial charge in [0.05, 0.1) is 10.1 Å². The molecule has 5 heteroatoms. The molecule has 2 N–H and O–H groups in total. The van der Waals surface area contributed by atoms with Crippen molar-refractivity contribution < 1.29 is 14.6 Å². The number of nitrogens with one attached hydrogen (secondary N) is 1. The van der Waals surface area contributed by atoms with Crippen molar-refractivity contribution >= 4 is 21.8 Å². The number of halogens is 1. The van der Waals surface area contributed by atoms with Gasteiger partial charge in [-0.25, -0.2) is 0 Å². The highest BCUT2D eigenvalue weighted by Gasteiger charge is 2.37. The molecule has 0 atom stereocenters. The van der Waals surface area contributed by atoms with Gasteiger partial charge in [0, 0.05) is 19.2 Å². The third-order valence-corrected chi connectivity index (χ3v) is 4.15. The lowest BCUT2D eigenvalue weighted by Crippen LogP contribution is -2.49. The Morgan fingerprint density at radius 3 is 2.78 bits per heavy atom. The van der Waals surface area contributed by atoms with Crippen molar-refractivity contribution in [3.63, 3.8) is 0 Å². The zero-order valence-electron chi connectivity index (χ0n) is 10.2. The monoisotopic (exact) mass is 313 g/mol. The molecule has 4 nitrogen and oxygen atoms in total. The third kappa shape index (κ3) is 2.67. The Labute approximate surface area is 114 Å². The smallest absolute Gasteiger partial charge is 0.251 e. The fourth-order valence-electron chi connectivity index (χ4n) is 2.02. The van der Waals surface area contributed by atoms with Crippen molar-refractivity contribution in [1.82, 2.24) is 5.32 Å². The molecule has 0 heterocycles. The van der Waals surface area contributed by atoms with E-state index in [0.717, 1.165) is 19.3 Å². The van der Waals surface area contributed by atoms with Crippen LogP contribution in [-0.4, -0.2) is 30.3 Å². The van der Waals surface area contributed by atoms with Gasteiger partial charge < -0.3 is 15.2 Å². The Bertz CT molecular complexity index is 452. The number of hydrogen-bond acceptors (Lipinski definition) is 3. The van der Waals surface area contributed by atoms with Crippen molar-refractivity contribution in [2.24, 2.45) is 0 Å². The van der Waals surface area contributed by atoms with Gasteiger partial charge in [-0.15, -0.1) is 0 Å². The fraction of sp³-hybridized carbons (Fsp3) is 0.462. The second-order valence-electron chi connectivity index (χ2n) is 4.59. The summed E-state index contributed by atoms with van der Waals surface area (Å²) < 4.78 is 6.01. The number of phenolic OH excluding ortho intramolecular Hbond substituents is 1. The van der Waals surface area contributed by atoms with Gasteiger partial charge >= 0.3 is 0 Å². The minimum Gasteiger partial charge on any atom is -0.507 e. The summed E-state index contributed by atoms with van der Waals surface area (Å²) >= 11 is 3.18. The van der Waals surface area contributed by atoms with Crippen molar-refractivity contribution in [1.29, 1.82) is 0 Å². The number of amides is 1. The van der Waals surface area contributed by atoms with E-state index >= 15 is 0 Å². The van der Waals surface area contributed by atoms with Crippen LogP contribution in [0.15, 0.2) is 22.7 Å². The quantitative estimate of drug-likeness (QED) is 0.897. The molecule has 1 aromatic carbocycles. The highest BCUT2D eigenvalue weighted by molar-refractivity contribution is 9.10. The molecule has 0 spiro atoms. The summed E-state index contributed by atoms with van der Waals surface area (Å²) in [5.41, 5.74) is 0.258. The van der Waals surface area contributed by atoms with Gasteiger partial charge in [-0.2, -0.15) is 0 Å². The molecular formula is C13H16BrNO3. The molecule has 1 aliphatic rings. The molecule has 0 saturated heterocycles. The largest absolute Gasteiger partial charge is 0.507 e. The van der Waals surface area contributed by atoms with E-state index in [1.54, 1.807) is 19.2 Å². The maximum atomic E-state index is 11.9. The van der Waals surface area contributed by atoms with Crippen LogP contribution < -0.4 is 5.32 Å². The van der Waals surface area contributed by atoms with E-state index in [9.17, 15) is 9.90 Å². The van der Waals surface area contributed by atoms with Crippen LogP contribution in [0.3, 0.4) is 0 Å². The molecule has 0 aromatic heterocycles. The highest BCUT2D eigenvalue weighted by atomic mass is 79.9. The zero-order chi connectivity index (χ0) is 13.2. The minimum atomic E-state index is -0.193. The van der Waals surface area contributed by atoms with Gasteiger partial charge in [0.25, 0.3) is 5.91 Å². The number of carbonyl (C=O) groups excluding carboxylic acids is 1. The van der Waals surface area contributed by atoms with Gasteiger partial charge in [0.15, 0.2) is 0 Å². The second kappa shape index (κ2) is 5.28. The number of methoxy groups -OCH3 is 1. The minimum absolute atomic E-state index is 0.0627. The van der Waals surface area contributed by atoms with Gasteiger partial charge in [0.1, 0.15) is 5.75 Å². The Morgan fingerprint density at radius 2 is 2.28 bits per heavy atom. The molecule has 98 valence electrons. The first kappa shape index (κ1) is 13.4. The fourth-order valence-corrected chi connectivity index (χ4v) is 2.27. The number of hydrogen-bond donors (Lipinski definition) is 2. The number of benzene rings is 1. The topological polar surface area (TPSA) is 58.6 Å². The predicted octanol–water partition coefficient (Wildman–Crippen LogP) is 2.45. The molecular weight excluding hydrogens is 298 g/mol. The summed E-state index contributed by atoms with van der Waals surface area (Å²) in [6.45, 7) is 0.513. The summed E-state index contributed by atoms with van der Waals surface area (Å²) in [7, 11) is 1.68. The summed E-state index contributed by atoms with van der Waals surface area (Å²) in [6.07, 6.45) is 3.10. The number of rotatable bonds is 4. The molecule has 0 bridgehead atoms. The van der Waals surface area contributed by atoms with Crippen molar-refractivity contribution in [2.45, 2.75) is 24.9 Å². The van der Waals surface area contributed by atoms with Crippen molar-refractivity contribution in [2.75, 3.05) is 13.7 Å². The average Bonchev–Trinajstić information content (AvgIpc) is 2.31. The Balaban J connectivity index is 1.97. The predicted molar refractivity (Wildman–Crippen MR) is 71.7 cm³/mol. The molecule has 2 rings (SSSR count). The maximum absolute atomic E-state index is 11.9. The highest BCUT2D eigenvalue weighted by Crippen LogP contribution is 2.34. The number of phenols is 1. The Hall–Kier alpha value is -1.07. The molecule has 0 aliphatic heterocycles. The van der Waals surface area contributed by atoms with E-state index < -0.39 is 0 Å². The normalized spacial score (nSPS) is 17.0. The van der Waals surface area contributed by atoms with Crippen LogP contribution in [0.4, 0.5) is 0 Å². The molecule has 1 fully saturated rings. The first-order valence-electron chi connectivity index (χ1n) is 5.88. The standard InChI is InChI=1S/C13H16BrNO3/c1-18-13(5-2-6-13)8-15-12(17)9-3-4-10(14)11(16)7-9/h3-4,7,16H,2,5-6,8H2,1H3,(H,15,17). The summed E-state index contributed by atoms with van der Waals surface area (Å²) in [4.78, 5) is 11.9. The van der Waals surface area contributed by atoms with Gasteiger partial charge in [-0.3, -0.25) is 4.79 Å². The third-order valence-electron chi connectivity index (χ3n) is 3.48. The van der Waals surface area contributed by atoms with Gasteiger partial charge in [-0.05, 0) is 53.4 Å². The average molecular weight is 314 g/mol. The summed E-state index contributed by atoms with van der Waals surface area (Å²) in [6, 6.07) is 4.76. The van der Waals surface area contributed by atoms with Crippen LogP contribution in [-0.2, 0) is 4.74 Å². The van der Waals surface area contributed by atoms with Crippen LogP contribution in [0.5, 0.6) is 5.75 Å². The lowest BCUT2D eigenvalue weighted by atomic mass is 9.80. The number of ether oxygens (including phenoxy) is 1. The van der Waals surface area contributed by atoms with Crippen molar-refractivity contribution in [3.8, 4) is 5.75 Å². The van der Waals surface area contributed by atoms with Crippen LogP contribution in [0.1, 0.15) is 29.6 Å². The SMILES string of the molecule is COC1(CNC(=O)c2ccc(Br)c(O)c2)CCC1. The van der Waals surface area contributed by atoms with Crippen LogP contribution in [0.25, 0.3) is 0 Å². The molecule has 1 amide bonds. The van der Waals surface area contributed by atoms with E-state index in [0.29, 0.717) is 16.6 Å². The van der Waals surface area contributed by atoms with E-state index in [1.807, 2.05) is 0 Å². The Kier molecular flexibility index (Phi) is 3.92. The molecule has 0 radical (unpaired) electrons. The van der Waals surface area contributed by atoms with E-state index in [2.05, 4.69) is 21.2 Å². The first-order chi connectivity index (χ1) is 8.56. The van der Waals surface area contributed by atoms with Crippen LogP contribution in [0, 0.1) is 0 Å². The van der Waals surface area contributed by atoms with Gasteiger partial charge in [0.2, 0.25) is 0 Å². The second-order valence-corrected chi connectivity index (χ2v) is 5.44. The number of aromatic hydroxyl groups is 1. The van der Waals surface area contributed by atoms with E-state index in [-0.39, 0.29) is 17.3 Å². The van der Waals surface area contributed by atoms with E-state index in [1.165, 1.54) is 6.07 Å². The zero-order valence-corrected chi connectivity index (χ0v) is 11.8. The number of carbonyl (C=O) groups is 1. The van der Waals surface area contributed by atoms with E-state index in [4.69, 9.17) is 4.74 Å². The molecule has 1 aliphatic carbocycles. The summed E-state index contributed by atoms with van der Waals surface area (Å²) in [5, 5.41) is 12.4. The maximum Gasteiger partial charge on any atom is 0.251 e. The lowest BCUT2D eigenvalue weighted by molar-refractivity contribution is -0.0679.